The molecule has 1 N–H and O–H groups in total. The second-order valence-electron chi connectivity index (χ2n) is 13.1. The highest BCUT2D eigenvalue weighted by Crippen LogP contribution is 2.26. The van der Waals surface area contributed by atoms with E-state index in [0.717, 1.165) is 12.5 Å². The number of unbranched alkanes of at least 4 members (excludes halogenated alkanes) is 26. The van der Waals surface area contributed by atoms with Gasteiger partial charge < -0.3 is 0 Å². The van der Waals surface area contributed by atoms with Crippen molar-refractivity contribution >= 4 is 0 Å². The van der Waals surface area contributed by atoms with Crippen molar-refractivity contribution in [1.82, 2.24) is 4.98 Å². The molecule has 2 heteroatoms. The van der Waals surface area contributed by atoms with Crippen molar-refractivity contribution in [3.8, 4) is 0 Å². The van der Waals surface area contributed by atoms with Gasteiger partial charge in [0.05, 0.1) is 12.5 Å². The molecule has 0 saturated heterocycles. The normalized spacial score (nSPS) is 11.7. The van der Waals surface area contributed by atoms with Crippen LogP contribution in [-0.4, -0.2) is 4.98 Å². The first-order chi connectivity index (χ1) is 19.8. The minimum Gasteiger partial charge on any atom is -0.247 e. The summed E-state index contributed by atoms with van der Waals surface area (Å²) in [6, 6.07) is 0. The van der Waals surface area contributed by atoms with E-state index < -0.39 is 0 Å². The van der Waals surface area contributed by atoms with Crippen LogP contribution in [0, 0.1) is 0 Å². The maximum Gasteiger partial charge on any atom is 0.257 e. The van der Waals surface area contributed by atoms with Gasteiger partial charge in [-0.2, -0.15) is 0 Å². The van der Waals surface area contributed by atoms with Crippen molar-refractivity contribution < 1.29 is 4.57 Å². The van der Waals surface area contributed by atoms with Crippen LogP contribution in [0.5, 0.6) is 0 Å². The van der Waals surface area contributed by atoms with E-state index in [-0.39, 0.29) is 0 Å². The van der Waals surface area contributed by atoms with Crippen molar-refractivity contribution in [3.05, 3.63) is 18.2 Å². The van der Waals surface area contributed by atoms with E-state index in [1.165, 1.54) is 198 Å². The van der Waals surface area contributed by atoms with Crippen molar-refractivity contribution in [3.63, 3.8) is 0 Å². The molecule has 1 aromatic rings. The summed E-state index contributed by atoms with van der Waals surface area (Å²) < 4.78 is 2.46. The number of aryl methyl sites for hydroxylation is 1. The lowest BCUT2D eigenvalue weighted by atomic mass is 9.93. The molecular formula is C38H75N2+. The molecule has 2 nitrogen and oxygen atoms in total. The standard InChI is InChI=1S/C38H74N2/c1-4-7-9-11-13-15-17-19-21-23-25-27-29-31-33-37(38-39-35-36-40(38)6-3)34-32-30-28-26-24-22-20-18-16-14-12-10-8-5-2/h35-37H,4-34H2,1-3H3/p+1. The third-order valence-electron chi connectivity index (χ3n) is 9.33. The molecule has 40 heavy (non-hydrogen) atoms. The summed E-state index contributed by atoms with van der Waals surface area (Å²) in [6.07, 6.45) is 47.7. The van der Waals surface area contributed by atoms with E-state index in [1.54, 1.807) is 0 Å². The van der Waals surface area contributed by atoms with Gasteiger partial charge in [-0.3, -0.25) is 0 Å². The first-order valence-electron chi connectivity index (χ1n) is 18.9. The van der Waals surface area contributed by atoms with Crippen LogP contribution in [0.25, 0.3) is 0 Å². The number of aromatic amines is 1. The van der Waals surface area contributed by atoms with Crippen LogP contribution in [0.1, 0.15) is 225 Å². The Kier molecular flexibility index (Phi) is 27.6. The predicted molar refractivity (Wildman–Crippen MR) is 179 cm³/mol. The van der Waals surface area contributed by atoms with Gasteiger partial charge in [0.1, 0.15) is 12.4 Å². The molecule has 0 bridgehead atoms. The summed E-state index contributed by atoms with van der Waals surface area (Å²) in [5.41, 5.74) is 0. The summed E-state index contributed by atoms with van der Waals surface area (Å²) in [5, 5.41) is 0. The maximum absolute atomic E-state index is 3.62. The number of aromatic nitrogens is 2. The Labute approximate surface area is 253 Å². The van der Waals surface area contributed by atoms with Crippen molar-refractivity contribution in [2.45, 2.75) is 226 Å². The molecule has 236 valence electrons. The molecule has 0 aromatic carbocycles. The van der Waals surface area contributed by atoms with E-state index in [0.29, 0.717) is 0 Å². The molecule has 1 aromatic heterocycles. The molecule has 1 heterocycles. The Hall–Kier alpha value is -0.790. The maximum atomic E-state index is 3.62. The number of hydrogen-bond acceptors (Lipinski definition) is 0. The van der Waals surface area contributed by atoms with Gasteiger partial charge in [0.25, 0.3) is 5.82 Å². The summed E-state index contributed by atoms with van der Waals surface area (Å²) in [7, 11) is 0. The van der Waals surface area contributed by atoms with Gasteiger partial charge in [0, 0.05) is 0 Å². The number of nitrogens with one attached hydrogen (secondary N) is 1. The average Bonchev–Trinajstić information content (AvgIpc) is 3.45. The number of rotatable bonds is 32. The minimum absolute atomic E-state index is 0.726. The molecule has 1 rings (SSSR count). The average molecular weight is 560 g/mol. The van der Waals surface area contributed by atoms with E-state index in [1.807, 2.05) is 0 Å². The lowest BCUT2D eigenvalue weighted by Crippen LogP contribution is -2.36. The summed E-state index contributed by atoms with van der Waals surface area (Å²) in [6.45, 7) is 7.99. The molecule has 0 saturated carbocycles. The second-order valence-corrected chi connectivity index (χ2v) is 13.1. The molecule has 0 fully saturated rings. The monoisotopic (exact) mass is 560 g/mol. The first kappa shape index (κ1) is 37.2. The molecule has 0 spiro atoms. The first-order valence-corrected chi connectivity index (χ1v) is 18.9. The van der Waals surface area contributed by atoms with Gasteiger partial charge in [0.15, 0.2) is 0 Å². The van der Waals surface area contributed by atoms with Crippen LogP contribution in [0.15, 0.2) is 12.4 Å². The fraction of sp³-hybridized carbons (Fsp3) is 0.921. The topological polar surface area (TPSA) is 19.7 Å². The van der Waals surface area contributed by atoms with Crippen LogP contribution < -0.4 is 4.57 Å². The van der Waals surface area contributed by atoms with E-state index in [9.17, 15) is 0 Å². The lowest BCUT2D eigenvalue weighted by molar-refractivity contribution is -0.701. The third kappa shape index (κ3) is 21.9. The Morgan fingerprint density at radius 2 is 0.750 bits per heavy atom. The van der Waals surface area contributed by atoms with Gasteiger partial charge in [-0.15, -0.1) is 0 Å². The van der Waals surface area contributed by atoms with E-state index in [4.69, 9.17) is 0 Å². The summed E-state index contributed by atoms with van der Waals surface area (Å²) >= 11 is 0. The SMILES string of the molecule is CCCCCCCCCCCCCCCCC(CCCCCCCCCCCCCCCC)c1[nH]cc[n+]1CC. The van der Waals surface area contributed by atoms with Crippen molar-refractivity contribution in [2.75, 3.05) is 0 Å². The van der Waals surface area contributed by atoms with Gasteiger partial charge >= 0.3 is 0 Å². The molecule has 0 unspecified atom stereocenters. The minimum atomic E-state index is 0.726. The smallest absolute Gasteiger partial charge is 0.247 e. The number of H-pyrrole nitrogens is 1. The van der Waals surface area contributed by atoms with Crippen LogP contribution in [0.2, 0.25) is 0 Å². The molecule has 0 radical (unpaired) electrons. The van der Waals surface area contributed by atoms with Crippen LogP contribution in [0.3, 0.4) is 0 Å². The van der Waals surface area contributed by atoms with Crippen LogP contribution in [0.4, 0.5) is 0 Å². The molecule has 0 aliphatic carbocycles. The zero-order chi connectivity index (χ0) is 28.8. The fourth-order valence-electron chi connectivity index (χ4n) is 6.59. The van der Waals surface area contributed by atoms with Crippen LogP contribution >= 0.6 is 0 Å². The van der Waals surface area contributed by atoms with Gasteiger partial charge in [-0.25, -0.2) is 9.55 Å². The Morgan fingerprint density at radius 1 is 0.450 bits per heavy atom. The van der Waals surface area contributed by atoms with Gasteiger partial charge in [0.2, 0.25) is 0 Å². The van der Waals surface area contributed by atoms with Crippen LogP contribution in [-0.2, 0) is 6.54 Å². The van der Waals surface area contributed by atoms with Gasteiger partial charge in [-0.1, -0.05) is 194 Å². The predicted octanol–water partition coefficient (Wildman–Crippen LogP) is 13.1. The van der Waals surface area contributed by atoms with Crippen molar-refractivity contribution in [2.24, 2.45) is 0 Å². The number of hydrogen-bond donors (Lipinski definition) is 1. The zero-order valence-corrected chi connectivity index (χ0v) is 28.1. The Bertz CT molecular complexity index is 574. The van der Waals surface area contributed by atoms with E-state index >= 15 is 0 Å². The fourth-order valence-corrected chi connectivity index (χ4v) is 6.59. The third-order valence-corrected chi connectivity index (χ3v) is 9.33. The zero-order valence-electron chi connectivity index (χ0n) is 28.1. The highest BCUT2D eigenvalue weighted by atomic mass is 15.1. The summed E-state index contributed by atoms with van der Waals surface area (Å²) in [5.74, 6) is 2.22. The molecule has 0 aliphatic rings. The molecule has 0 amide bonds. The Balaban J connectivity index is 2.06. The highest BCUT2D eigenvalue weighted by molar-refractivity contribution is 4.90. The molecule has 0 atom stereocenters. The van der Waals surface area contributed by atoms with E-state index in [2.05, 4.69) is 42.7 Å². The highest BCUT2D eigenvalue weighted by Gasteiger charge is 2.21. The number of imidazole rings is 1. The van der Waals surface area contributed by atoms with Crippen molar-refractivity contribution in [1.29, 1.82) is 0 Å². The quantitative estimate of drug-likeness (QED) is 0.0669. The Morgan fingerprint density at radius 3 is 1.05 bits per heavy atom. The lowest BCUT2D eigenvalue weighted by Gasteiger charge is -2.14. The molecular weight excluding hydrogens is 484 g/mol. The molecule has 0 aliphatic heterocycles. The van der Waals surface area contributed by atoms with Gasteiger partial charge in [-0.05, 0) is 19.8 Å². The summed E-state index contributed by atoms with van der Waals surface area (Å²) in [4.78, 5) is 3.62. The second kappa shape index (κ2) is 29.7. The largest absolute Gasteiger partial charge is 0.257 e. The number of nitrogens with zero attached hydrogens (tertiary/aromatic N) is 1.